The molecule has 0 aromatic heterocycles. The topological polar surface area (TPSA) is 37.3 Å². The normalized spacial score (nSPS) is 10.2. The Morgan fingerprint density at radius 3 is 2.53 bits per heavy atom. The van der Waals surface area contributed by atoms with Gasteiger partial charge in [-0.3, -0.25) is 4.79 Å². The second kappa shape index (κ2) is 4.83. The van der Waals surface area contributed by atoms with Gasteiger partial charge in [-0.05, 0) is 35.2 Å². The van der Waals surface area contributed by atoms with E-state index in [1.54, 1.807) is 12.1 Å². The largest absolute Gasteiger partial charge is 0.508 e. The van der Waals surface area contributed by atoms with E-state index in [1.807, 2.05) is 37.3 Å². The van der Waals surface area contributed by atoms with Crippen LogP contribution in [0, 0.1) is 0 Å². The van der Waals surface area contributed by atoms with Gasteiger partial charge >= 0.3 is 0 Å². The first-order valence-corrected chi connectivity index (χ1v) is 5.62. The number of phenols is 1. The van der Waals surface area contributed by atoms with Gasteiger partial charge in [0.25, 0.3) is 0 Å². The highest BCUT2D eigenvalue weighted by molar-refractivity contribution is 5.79. The monoisotopic (exact) mass is 226 g/mol. The van der Waals surface area contributed by atoms with Crippen molar-refractivity contribution in [3.05, 3.63) is 53.6 Å². The predicted octanol–water partition coefficient (Wildman–Crippen LogP) is 3.43. The first-order valence-electron chi connectivity index (χ1n) is 5.62. The average Bonchev–Trinajstić information content (AvgIpc) is 2.38. The van der Waals surface area contributed by atoms with Crippen molar-refractivity contribution in [3.8, 4) is 16.9 Å². The van der Waals surface area contributed by atoms with Crippen LogP contribution in [0.25, 0.3) is 11.1 Å². The van der Waals surface area contributed by atoms with Gasteiger partial charge in [0, 0.05) is 5.56 Å². The summed E-state index contributed by atoms with van der Waals surface area (Å²) in [4.78, 5) is 10.8. The summed E-state index contributed by atoms with van der Waals surface area (Å²) in [7, 11) is 0. The SMILES string of the molecule is CCc1cc(-c2cccc(O)c2)ccc1C=O. The van der Waals surface area contributed by atoms with E-state index in [-0.39, 0.29) is 5.75 Å². The Labute approximate surface area is 101 Å². The van der Waals surface area contributed by atoms with Gasteiger partial charge in [-0.25, -0.2) is 0 Å². The highest BCUT2D eigenvalue weighted by atomic mass is 16.3. The number of carbonyl (C=O) groups excluding carboxylic acids is 1. The zero-order chi connectivity index (χ0) is 12.3. The summed E-state index contributed by atoms with van der Waals surface area (Å²) in [6.07, 6.45) is 1.70. The minimum atomic E-state index is 0.250. The van der Waals surface area contributed by atoms with Gasteiger partial charge in [0.15, 0.2) is 0 Å². The molecule has 2 aromatic carbocycles. The van der Waals surface area contributed by atoms with Gasteiger partial charge in [0.1, 0.15) is 12.0 Å². The molecule has 0 radical (unpaired) electrons. The molecule has 0 unspecified atom stereocenters. The zero-order valence-corrected chi connectivity index (χ0v) is 9.68. The molecule has 0 amide bonds. The van der Waals surface area contributed by atoms with Crippen molar-refractivity contribution >= 4 is 6.29 Å². The van der Waals surface area contributed by atoms with Gasteiger partial charge < -0.3 is 5.11 Å². The van der Waals surface area contributed by atoms with Crippen LogP contribution in [0.2, 0.25) is 0 Å². The van der Waals surface area contributed by atoms with E-state index in [1.165, 1.54) is 0 Å². The van der Waals surface area contributed by atoms with E-state index in [0.29, 0.717) is 0 Å². The quantitative estimate of drug-likeness (QED) is 0.814. The van der Waals surface area contributed by atoms with Crippen LogP contribution in [0.15, 0.2) is 42.5 Å². The van der Waals surface area contributed by atoms with E-state index >= 15 is 0 Å². The molecule has 0 aliphatic carbocycles. The lowest BCUT2D eigenvalue weighted by Crippen LogP contribution is -1.91. The van der Waals surface area contributed by atoms with E-state index in [4.69, 9.17) is 0 Å². The Bertz CT molecular complexity index is 544. The molecule has 1 N–H and O–H groups in total. The molecular weight excluding hydrogens is 212 g/mol. The summed E-state index contributed by atoms with van der Waals surface area (Å²) >= 11 is 0. The standard InChI is InChI=1S/C15H14O2/c1-2-11-8-13(6-7-14(11)10-16)12-4-3-5-15(17)9-12/h3-10,17H,2H2,1H3. The molecule has 0 atom stereocenters. The molecule has 0 fully saturated rings. The van der Waals surface area contributed by atoms with Crippen LogP contribution in [-0.2, 0) is 6.42 Å². The van der Waals surface area contributed by atoms with Crippen LogP contribution in [0.4, 0.5) is 0 Å². The van der Waals surface area contributed by atoms with Crippen LogP contribution >= 0.6 is 0 Å². The lowest BCUT2D eigenvalue weighted by molar-refractivity contribution is 0.112. The van der Waals surface area contributed by atoms with Crippen LogP contribution < -0.4 is 0 Å². The van der Waals surface area contributed by atoms with Crippen LogP contribution in [0.1, 0.15) is 22.8 Å². The van der Waals surface area contributed by atoms with Crippen molar-refractivity contribution in [1.29, 1.82) is 0 Å². The molecule has 2 heteroatoms. The molecule has 0 saturated carbocycles. The van der Waals surface area contributed by atoms with E-state index < -0.39 is 0 Å². The average molecular weight is 226 g/mol. The van der Waals surface area contributed by atoms with Crippen molar-refractivity contribution in [2.75, 3.05) is 0 Å². The van der Waals surface area contributed by atoms with Gasteiger partial charge in [-0.15, -0.1) is 0 Å². The minimum absolute atomic E-state index is 0.250. The predicted molar refractivity (Wildman–Crippen MR) is 68.3 cm³/mol. The van der Waals surface area contributed by atoms with Gasteiger partial charge in [0.05, 0.1) is 0 Å². The van der Waals surface area contributed by atoms with Crippen molar-refractivity contribution in [1.82, 2.24) is 0 Å². The summed E-state index contributed by atoms with van der Waals surface area (Å²) in [5.41, 5.74) is 3.73. The first kappa shape index (κ1) is 11.4. The van der Waals surface area contributed by atoms with E-state index in [2.05, 4.69) is 0 Å². The maximum Gasteiger partial charge on any atom is 0.150 e. The molecule has 2 rings (SSSR count). The van der Waals surface area contributed by atoms with E-state index in [0.717, 1.165) is 35.0 Å². The molecule has 0 bridgehead atoms. The Morgan fingerprint density at radius 2 is 1.88 bits per heavy atom. The smallest absolute Gasteiger partial charge is 0.150 e. The van der Waals surface area contributed by atoms with Crippen LogP contribution in [0.3, 0.4) is 0 Å². The number of hydrogen-bond donors (Lipinski definition) is 1. The van der Waals surface area contributed by atoms with E-state index in [9.17, 15) is 9.90 Å². The number of hydrogen-bond acceptors (Lipinski definition) is 2. The molecule has 0 spiro atoms. The number of carbonyl (C=O) groups is 1. The summed E-state index contributed by atoms with van der Waals surface area (Å²) in [6.45, 7) is 2.02. The second-order valence-corrected chi connectivity index (χ2v) is 3.94. The summed E-state index contributed by atoms with van der Waals surface area (Å²) < 4.78 is 0. The van der Waals surface area contributed by atoms with Crippen molar-refractivity contribution in [2.45, 2.75) is 13.3 Å². The fourth-order valence-electron chi connectivity index (χ4n) is 1.89. The maximum atomic E-state index is 10.8. The molecule has 0 aliphatic heterocycles. The van der Waals surface area contributed by atoms with Crippen molar-refractivity contribution < 1.29 is 9.90 Å². The third kappa shape index (κ3) is 2.36. The van der Waals surface area contributed by atoms with Gasteiger partial charge in [-0.1, -0.05) is 37.3 Å². The molecule has 0 aliphatic rings. The van der Waals surface area contributed by atoms with Crippen LogP contribution in [0.5, 0.6) is 5.75 Å². The Hall–Kier alpha value is -2.09. The second-order valence-electron chi connectivity index (χ2n) is 3.94. The number of rotatable bonds is 3. The van der Waals surface area contributed by atoms with Crippen LogP contribution in [-0.4, -0.2) is 11.4 Å². The third-order valence-corrected chi connectivity index (χ3v) is 2.83. The number of benzene rings is 2. The third-order valence-electron chi connectivity index (χ3n) is 2.83. The molecular formula is C15H14O2. The molecule has 0 saturated heterocycles. The fraction of sp³-hybridized carbons (Fsp3) is 0.133. The number of aryl methyl sites for hydroxylation is 1. The lowest BCUT2D eigenvalue weighted by atomic mass is 9.98. The highest BCUT2D eigenvalue weighted by Crippen LogP contribution is 2.25. The number of aromatic hydroxyl groups is 1. The Balaban J connectivity index is 2.50. The molecule has 86 valence electrons. The minimum Gasteiger partial charge on any atom is -0.508 e. The first-order chi connectivity index (χ1) is 8.24. The lowest BCUT2D eigenvalue weighted by Gasteiger charge is -2.07. The zero-order valence-electron chi connectivity index (χ0n) is 9.68. The molecule has 17 heavy (non-hydrogen) atoms. The molecule has 0 heterocycles. The van der Waals surface area contributed by atoms with Gasteiger partial charge in [0.2, 0.25) is 0 Å². The Kier molecular flexibility index (Phi) is 3.24. The number of phenolic OH excluding ortho intramolecular Hbond substituents is 1. The van der Waals surface area contributed by atoms with Crippen molar-refractivity contribution in [2.24, 2.45) is 0 Å². The maximum absolute atomic E-state index is 10.8. The number of aldehydes is 1. The summed E-state index contributed by atoms with van der Waals surface area (Å²) in [5, 5.41) is 9.45. The molecule has 2 nitrogen and oxygen atoms in total. The highest BCUT2D eigenvalue weighted by Gasteiger charge is 2.04. The molecule has 2 aromatic rings. The van der Waals surface area contributed by atoms with Gasteiger partial charge in [-0.2, -0.15) is 0 Å². The Morgan fingerprint density at radius 1 is 1.12 bits per heavy atom. The van der Waals surface area contributed by atoms with Crippen molar-refractivity contribution in [3.63, 3.8) is 0 Å². The fourth-order valence-corrected chi connectivity index (χ4v) is 1.89. The summed E-state index contributed by atoms with van der Waals surface area (Å²) in [5.74, 6) is 0.250. The summed E-state index contributed by atoms with van der Waals surface area (Å²) in [6, 6.07) is 12.8.